The zero-order valence-electron chi connectivity index (χ0n) is 21.1. The summed E-state index contributed by atoms with van der Waals surface area (Å²) in [5.74, 6) is -60.9. The summed E-state index contributed by atoms with van der Waals surface area (Å²) in [7, 11) is -4.56. The Hall–Kier alpha value is -4.79. The summed E-state index contributed by atoms with van der Waals surface area (Å²) in [6.45, 7) is 0. The van der Waals surface area contributed by atoms with Gasteiger partial charge in [0.05, 0.1) is 16.3 Å². The number of rotatable bonds is 5. The van der Waals surface area contributed by atoms with Gasteiger partial charge in [0.25, 0.3) is 5.57 Å². The van der Waals surface area contributed by atoms with Crippen molar-refractivity contribution in [3.63, 3.8) is 0 Å². The third-order valence-corrected chi connectivity index (χ3v) is 6.61. The molecular formula is C25BF19O2. The highest BCUT2D eigenvalue weighted by molar-refractivity contribution is 6.52. The fraction of sp³-hybridized carbons (Fsp3) is 0.0400. The maximum absolute atomic E-state index is 16.6. The minimum Gasteiger partial charge on any atom is -0.521 e. The van der Waals surface area contributed by atoms with Gasteiger partial charge in [-0.25, -0.2) is 70.2 Å². The molecule has 4 aromatic carbocycles. The first-order valence-electron chi connectivity index (χ1n) is 11.5. The fourth-order valence-electron chi connectivity index (χ4n) is 4.45. The average Bonchev–Trinajstić information content (AvgIpc) is 3.25. The Labute approximate surface area is 244 Å². The molecule has 0 amide bonds. The first kappa shape index (κ1) is 33.6. The Morgan fingerprint density at radius 2 is 0.702 bits per heavy atom. The minimum absolute atomic E-state index is 2.47. The van der Waals surface area contributed by atoms with E-state index >= 15 is 8.78 Å². The molecule has 1 unspecified atom stereocenters. The number of hydrogen-bond acceptors (Lipinski definition) is 2. The summed E-state index contributed by atoms with van der Waals surface area (Å²) >= 11 is 0. The topological polar surface area (TPSA) is 18.5 Å². The molecule has 2 nitrogen and oxygen atoms in total. The molecule has 0 heterocycles. The molecule has 0 radical (unpaired) electrons. The molecule has 0 spiro atoms. The molecule has 1 aliphatic carbocycles. The smallest absolute Gasteiger partial charge is 0.521 e. The first-order valence-corrected chi connectivity index (χ1v) is 11.5. The van der Waals surface area contributed by atoms with Gasteiger partial charge in [0, 0.05) is 5.56 Å². The van der Waals surface area contributed by atoms with Gasteiger partial charge in [-0.1, -0.05) is 0 Å². The summed E-state index contributed by atoms with van der Waals surface area (Å²) in [5, 5.41) is -4.98. The third-order valence-electron chi connectivity index (χ3n) is 6.61. The third kappa shape index (κ3) is 4.31. The highest BCUT2D eigenvalue weighted by Crippen LogP contribution is 2.54. The van der Waals surface area contributed by atoms with E-state index in [9.17, 15) is 74.6 Å². The van der Waals surface area contributed by atoms with E-state index < -0.39 is 151 Å². The van der Waals surface area contributed by atoms with Crippen LogP contribution in [0, 0.1) is 93.1 Å². The van der Waals surface area contributed by atoms with E-state index in [2.05, 4.69) is 9.31 Å². The second kappa shape index (κ2) is 10.9. The molecule has 1 atom stereocenters. The van der Waals surface area contributed by atoms with Crippen LogP contribution in [0.4, 0.5) is 83.4 Å². The number of halogens is 19. The van der Waals surface area contributed by atoms with Gasteiger partial charge in [0.15, 0.2) is 81.3 Å². The second-order valence-corrected chi connectivity index (χ2v) is 9.09. The number of allylic oxidation sites excluding steroid dienone is 1. The van der Waals surface area contributed by atoms with Crippen LogP contribution in [-0.2, 0) is 5.57 Å². The van der Waals surface area contributed by atoms with Gasteiger partial charge < -0.3 is 9.31 Å². The first-order chi connectivity index (χ1) is 21.7. The predicted molar refractivity (Wildman–Crippen MR) is 115 cm³/mol. The lowest BCUT2D eigenvalue weighted by atomic mass is 9.64. The second-order valence-electron chi connectivity index (χ2n) is 9.09. The van der Waals surface area contributed by atoms with Gasteiger partial charge in [0.1, 0.15) is 0 Å². The molecule has 0 fully saturated rings. The Kier molecular flexibility index (Phi) is 7.78. The van der Waals surface area contributed by atoms with Crippen molar-refractivity contribution in [2.75, 3.05) is 0 Å². The standard InChI is InChI=1S/C25BF19O2/c27-5-1-2(7(29)12(34)11(5)33)22(19(41)14(36)6(1)28)46-26(47-23-20(42)17(39)16(38)18(40)21(23)43)25(45)4-3(9(31)24(25)44)8(30)13(35)15(37)10(4)32. The Morgan fingerprint density at radius 3 is 1.21 bits per heavy atom. The largest absolute Gasteiger partial charge is 0.648 e. The molecule has 0 aliphatic heterocycles. The molecule has 0 aromatic heterocycles. The van der Waals surface area contributed by atoms with Crippen LogP contribution in [-0.4, -0.2) is 7.12 Å². The molecule has 248 valence electrons. The van der Waals surface area contributed by atoms with Crippen LogP contribution in [0.25, 0.3) is 16.6 Å². The zero-order chi connectivity index (χ0) is 35.3. The molecule has 0 saturated heterocycles. The zero-order valence-corrected chi connectivity index (χ0v) is 21.1. The molecule has 0 N–H and O–H groups in total. The van der Waals surface area contributed by atoms with Crippen LogP contribution >= 0.6 is 0 Å². The molecule has 0 bridgehead atoms. The fourth-order valence-corrected chi connectivity index (χ4v) is 4.45. The summed E-state index contributed by atoms with van der Waals surface area (Å²) < 4.78 is 283. The summed E-state index contributed by atoms with van der Waals surface area (Å²) in [6, 6.07) is 0. The molecular weight excluding hydrogens is 704 g/mol. The highest BCUT2D eigenvalue weighted by Gasteiger charge is 2.66. The van der Waals surface area contributed by atoms with Crippen molar-refractivity contribution in [2.24, 2.45) is 0 Å². The van der Waals surface area contributed by atoms with Crippen molar-refractivity contribution >= 4 is 23.7 Å². The van der Waals surface area contributed by atoms with E-state index in [-0.39, 0.29) is 0 Å². The Morgan fingerprint density at radius 1 is 0.362 bits per heavy atom. The van der Waals surface area contributed by atoms with E-state index in [4.69, 9.17) is 0 Å². The number of hydrogen-bond donors (Lipinski definition) is 0. The molecule has 22 heteroatoms. The van der Waals surface area contributed by atoms with E-state index in [0.717, 1.165) is 0 Å². The van der Waals surface area contributed by atoms with Crippen molar-refractivity contribution in [3.05, 3.63) is 110 Å². The van der Waals surface area contributed by atoms with Crippen molar-refractivity contribution in [1.82, 2.24) is 0 Å². The molecule has 4 aromatic rings. The molecule has 1 aliphatic rings. The van der Waals surface area contributed by atoms with Crippen LogP contribution in [0.2, 0.25) is 0 Å². The van der Waals surface area contributed by atoms with Gasteiger partial charge in [0.2, 0.25) is 34.9 Å². The van der Waals surface area contributed by atoms with Crippen LogP contribution in [0.1, 0.15) is 11.1 Å². The summed E-state index contributed by atoms with van der Waals surface area (Å²) in [4.78, 5) is 0. The van der Waals surface area contributed by atoms with Crippen molar-refractivity contribution < 1.29 is 92.7 Å². The van der Waals surface area contributed by atoms with Gasteiger partial charge in [-0.3, -0.25) is 0 Å². The van der Waals surface area contributed by atoms with Gasteiger partial charge in [-0.05, 0) is 0 Å². The Bertz CT molecular complexity index is 2080. The lowest BCUT2D eigenvalue weighted by molar-refractivity contribution is 0.202. The number of alkyl halides is 1. The lowest BCUT2D eigenvalue weighted by Crippen LogP contribution is -2.50. The monoisotopic (exact) mass is 704 g/mol. The van der Waals surface area contributed by atoms with E-state index in [1.807, 2.05) is 0 Å². The lowest BCUT2D eigenvalue weighted by Gasteiger charge is -2.28. The maximum atomic E-state index is 16.6. The summed E-state index contributed by atoms with van der Waals surface area (Å²) in [5.41, 5.74) is -10.9. The Balaban J connectivity index is 1.92. The van der Waals surface area contributed by atoms with Crippen LogP contribution in [0.15, 0.2) is 5.83 Å². The number of benzene rings is 4. The van der Waals surface area contributed by atoms with E-state index in [1.165, 1.54) is 0 Å². The van der Waals surface area contributed by atoms with Crippen molar-refractivity contribution in [2.45, 2.75) is 5.57 Å². The van der Waals surface area contributed by atoms with Crippen LogP contribution in [0.3, 0.4) is 0 Å². The highest BCUT2D eigenvalue weighted by atomic mass is 19.2. The number of fused-ring (bicyclic) bond motifs is 2. The normalized spacial score (nSPS) is 16.0. The molecule has 0 saturated carbocycles. The minimum atomic E-state index is -5.53. The van der Waals surface area contributed by atoms with Gasteiger partial charge in [-0.2, -0.15) is 13.2 Å². The van der Waals surface area contributed by atoms with Crippen LogP contribution in [0.5, 0.6) is 11.5 Å². The van der Waals surface area contributed by atoms with E-state index in [1.54, 1.807) is 0 Å². The predicted octanol–water partition coefficient (Wildman–Crippen LogP) is 9.04. The SMILES string of the molecule is FC1=C(F)C(F)(B(Oc2c(F)c(F)c(F)c(F)c2F)Oc2c(F)c(F)c(F)c3c(F)c(F)c(F)c(F)c23)c2c(F)c(F)c(F)c(F)c21. The van der Waals surface area contributed by atoms with Crippen LogP contribution < -0.4 is 9.31 Å². The van der Waals surface area contributed by atoms with Crippen molar-refractivity contribution in [3.8, 4) is 11.5 Å². The molecule has 47 heavy (non-hydrogen) atoms. The quantitative estimate of drug-likeness (QED) is 0.0894. The summed E-state index contributed by atoms with van der Waals surface area (Å²) in [6.07, 6.45) is 0. The van der Waals surface area contributed by atoms with Gasteiger partial charge in [-0.15, -0.1) is 0 Å². The average molecular weight is 704 g/mol. The maximum Gasteiger partial charge on any atom is 0.648 e. The van der Waals surface area contributed by atoms with Crippen molar-refractivity contribution in [1.29, 1.82) is 0 Å². The van der Waals surface area contributed by atoms with Gasteiger partial charge >= 0.3 is 7.12 Å². The van der Waals surface area contributed by atoms with E-state index in [0.29, 0.717) is 0 Å². The molecule has 5 rings (SSSR count).